The summed E-state index contributed by atoms with van der Waals surface area (Å²) in [5, 5.41) is 0. The van der Waals surface area contributed by atoms with E-state index in [-0.39, 0.29) is 5.82 Å². The van der Waals surface area contributed by atoms with Gasteiger partial charge in [-0.2, -0.15) is 0 Å². The minimum Gasteiger partial charge on any atom is -0.477 e. The monoisotopic (exact) mass is 212 g/mol. The summed E-state index contributed by atoms with van der Waals surface area (Å²) in [4.78, 5) is 3.81. The first-order valence-electron chi connectivity index (χ1n) is 5.20. The Bertz CT molecular complexity index is 276. The van der Waals surface area contributed by atoms with Crippen LogP contribution in [0.4, 0.5) is 4.39 Å². The highest BCUT2D eigenvalue weighted by atomic mass is 19.1. The Labute approximate surface area is 89.5 Å². The lowest BCUT2D eigenvalue weighted by Crippen LogP contribution is -2.21. The van der Waals surface area contributed by atoms with Crippen molar-refractivity contribution in [2.75, 3.05) is 13.2 Å². The molecule has 0 aliphatic carbocycles. The van der Waals surface area contributed by atoms with Crippen LogP contribution in [0, 0.1) is 11.7 Å². The van der Waals surface area contributed by atoms with Crippen LogP contribution in [0.15, 0.2) is 18.3 Å². The molecule has 0 unspecified atom stereocenters. The first-order valence-corrected chi connectivity index (χ1v) is 5.20. The van der Waals surface area contributed by atoms with Gasteiger partial charge in [0, 0.05) is 12.0 Å². The van der Waals surface area contributed by atoms with Crippen LogP contribution in [0.25, 0.3) is 0 Å². The van der Waals surface area contributed by atoms with Crippen molar-refractivity contribution < 1.29 is 9.13 Å². The van der Waals surface area contributed by atoms with Crippen LogP contribution < -0.4 is 10.5 Å². The first-order chi connectivity index (χ1) is 7.26. The molecule has 0 saturated heterocycles. The van der Waals surface area contributed by atoms with Gasteiger partial charge in [0.05, 0.1) is 12.8 Å². The quantitative estimate of drug-likeness (QED) is 0.784. The molecule has 3 nitrogen and oxygen atoms in total. The summed E-state index contributed by atoms with van der Waals surface area (Å²) in [5.74, 6) is 0.444. The van der Waals surface area contributed by atoms with Crippen LogP contribution in [0.2, 0.25) is 0 Å². The minimum atomic E-state index is -0.355. The van der Waals surface area contributed by atoms with Crippen molar-refractivity contribution in [1.82, 2.24) is 4.98 Å². The van der Waals surface area contributed by atoms with Gasteiger partial charge in [-0.25, -0.2) is 9.37 Å². The van der Waals surface area contributed by atoms with Gasteiger partial charge in [0.2, 0.25) is 5.88 Å². The highest BCUT2D eigenvalue weighted by Gasteiger charge is 2.06. The summed E-state index contributed by atoms with van der Waals surface area (Å²) in [7, 11) is 0. The van der Waals surface area contributed by atoms with Crippen molar-refractivity contribution in [2.45, 2.75) is 19.8 Å². The molecule has 4 heteroatoms. The Morgan fingerprint density at radius 2 is 2.33 bits per heavy atom. The van der Waals surface area contributed by atoms with E-state index >= 15 is 0 Å². The molecule has 0 amide bonds. The smallest absolute Gasteiger partial charge is 0.213 e. The average molecular weight is 212 g/mol. The molecule has 0 saturated carbocycles. The summed E-state index contributed by atoms with van der Waals surface area (Å²) in [5.41, 5.74) is 5.59. The Morgan fingerprint density at radius 1 is 1.53 bits per heavy atom. The summed E-state index contributed by atoms with van der Waals surface area (Å²) in [6, 6.07) is 2.86. The van der Waals surface area contributed by atoms with E-state index in [1.807, 2.05) is 0 Å². The summed E-state index contributed by atoms with van der Waals surface area (Å²) < 4.78 is 17.9. The van der Waals surface area contributed by atoms with E-state index in [1.54, 1.807) is 0 Å². The Morgan fingerprint density at radius 3 is 2.87 bits per heavy atom. The first kappa shape index (κ1) is 11.9. The number of ether oxygens (including phenoxy) is 1. The second-order valence-electron chi connectivity index (χ2n) is 3.52. The second kappa shape index (κ2) is 6.35. The topological polar surface area (TPSA) is 48.1 Å². The zero-order valence-electron chi connectivity index (χ0n) is 8.95. The molecule has 1 aromatic rings. The zero-order chi connectivity index (χ0) is 11.1. The number of hydrogen-bond donors (Lipinski definition) is 1. The van der Waals surface area contributed by atoms with Gasteiger partial charge in [-0.05, 0) is 19.0 Å². The molecule has 2 N–H and O–H groups in total. The lowest BCUT2D eigenvalue weighted by molar-refractivity contribution is 0.235. The molecule has 0 fully saturated rings. The van der Waals surface area contributed by atoms with E-state index in [9.17, 15) is 4.39 Å². The lowest BCUT2D eigenvalue weighted by atomic mass is 10.1. The number of pyridine rings is 1. The van der Waals surface area contributed by atoms with Crippen molar-refractivity contribution in [3.05, 3.63) is 24.1 Å². The number of aromatic nitrogens is 1. The third kappa shape index (κ3) is 4.25. The van der Waals surface area contributed by atoms with E-state index in [0.29, 0.717) is 24.9 Å². The van der Waals surface area contributed by atoms with E-state index in [1.165, 1.54) is 12.1 Å². The molecule has 1 atom stereocenters. The minimum absolute atomic E-state index is 0.349. The van der Waals surface area contributed by atoms with Gasteiger partial charge < -0.3 is 10.5 Å². The molecular formula is C11H17FN2O. The molecule has 0 aliphatic heterocycles. The van der Waals surface area contributed by atoms with Crippen molar-refractivity contribution in [2.24, 2.45) is 11.7 Å². The zero-order valence-corrected chi connectivity index (χ0v) is 8.95. The molecule has 0 aromatic carbocycles. The number of nitrogens with zero attached hydrogens (tertiary/aromatic N) is 1. The number of hydrogen-bond acceptors (Lipinski definition) is 3. The highest BCUT2D eigenvalue weighted by molar-refractivity contribution is 5.10. The van der Waals surface area contributed by atoms with Gasteiger partial charge in [-0.3, -0.25) is 0 Å². The van der Waals surface area contributed by atoms with Crippen molar-refractivity contribution in [3.8, 4) is 5.88 Å². The van der Waals surface area contributed by atoms with Gasteiger partial charge in [0.25, 0.3) is 0 Å². The molecule has 0 spiro atoms. The molecule has 84 valence electrons. The third-order valence-corrected chi connectivity index (χ3v) is 2.20. The van der Waals surface area contributed by atoms with Gasteiger partial charge in [0.1, 0.15) is 5.82 Å². The van der Waals surface area contributed by atoms with Crippen LogP contribution in [0.5, 0.6) is 5.88 Å². The summed E-state index contributed by atoms with van der Waals surface area (Å²) in [6.45, 7) is 3.26. The van der Waals surface area contributed by atoms with Crippen molar-refractivity contribution in [3.63, 3.8) is 0 Å². The average Bonchev–Trinajstić information content (AvgIpc) is 2.26. The van der Waals surface area contributed by atoms with Gasteiger partial charge in [0.15, 0.2) is 0 Å². The largest absolute Gasteiger partial charge is 0.477 e. The SMILES string of the molecule is CCC[C@H](CN)COc1ccc(F)cn1. The molecule has 1 aromatic heterocycles. The van der Waals surface area contributed by atoms with Crippen LogP contribution in [-0.2, 0) is 0 Å². The fourth-order valence-corrected chi connectivity index (χ4v) is 1.33. The van der Waals surface area contributed by atoms with Crippen LogP contribution >= 0.6 is 0 Å². The Hall–Kier alpha value is -1.16. The van der Waals surface area contributed by atoms with Crippen LogP contribution in [0.3, 0.4) is 0 Å². The normalized spacial score (nSPS) is 12.5. The number of nitrogens with two attached hydrogens (primary N) is 1. The molecule has 1 heterocycles. The molecule has 0 aliphatic rings. The third-order valence-electron chi connectivity index (χ3n) is 2.20. The lowest BCUT2D eigenvalue weighted by Gasteiger charge is -2.13. The van der Waals surface area contributed by atoms with E-state index in [2.05, 4.69) is 11.9 Å². The standard InChI is InChI=1S/C11H17FN2O/c1-2-3-9(6-13)8-15-11-5-4-10(12)7-14-11/h4-5,7,9H,2-3,6,8,13H2,1H3/t9-/m1/s1. The molecule has 0 bridgehead atoms. The van der Waals surface area contributed by atoms with E-state index < -0.39 is 0 Å². The van der Waals surface area contributed by atoms with Crippen LogP contribution in [-0.4, -0.2) is 18.1 Å². The Kier molecular flexibility index (Phi) is 5.04. The predicted molar refractivity (Wildman–Crippen MR) is 57.1 cm³/mol. The van der Waals surface area contributed by atoms with Crippen molar-refractivity contribution >= 4 is 0 Å². The van der Waals surface area contributed by atoms with Crippen molar-refractivity contribution in [1.29, 1.82) is 0 Å². The summed E-state index contributed by atoms with van der Waals surface area (Å²) >= 11 is 0. The number of rotatable bonds is 6. The number of halogens is 1. The predicted octanol–water partition coefficient (Wildman–Crippen LogP) is 1.97. The second-order valence-corrected chi connectivity index (χ2v) is 3.52. The molecule has 1 rings (SSSR count). The van der Waals surface area contributed by atoms with Gasteiger partial charge in [-0.1, -0.05) is 13.3 Å². The van der Waals surface area contributed by atoms with Crippen LogP contribution in [0.1, 0.15) is 19.8 Å². The maximum absolute atomic E-state index is 12.5. The van der Waals surface area contributed by atoms with E-state index in [0.717, 1.165) is 19.0 Å². The van der Waals surface area contributed by atoms with E-state index in [4.69, 9.17) is 10.5 Å². The van der Waals surface area contributed by atoms with Gasteiger partial charge in [-0.15, -0.1) is 0 Å². The maximum atomic E-state index is 12.5. The molecule has 0 radical (unpaired) electrons. The summed E-state index contributed by atoms with van der Waals surface area (Å²) in [6.07, 6.45) is 3.27. The molecular weight excluding hydrogens is 195 g/mol. The van der Waals surface area contributed by atoms with Gasteiger partial charge >= 0.3 is 0 Å². The fourth-order valence-electron chi connectivity index (χ4n) is 1.33. The maximum Gasteiger partial charge on any atom is 0.213 e. The highest BCUT2D eigenvalue weighted by Crippen LogP contribution is 2.10. The fraction of sp³-hybridized carbons (Fsp3) is 0.545. The molecule has 15 heavy (non-hydrogen) atoms. The Balaban J connectivity index is 2.38.